The molecule has 1 radical (unpaired) electrons. The number of hydrogen-bond acceptors (Lipinski definition) is 2. The van der Waals surface area contributed by atoms with E-state index in [2.05, 4.69) is 11.1 Å². The van der Waals surface area contributed by atoms with Gasteiger partial charge in [-0.3, -0.25) is 4.79 Å². The van der Waals surface area contributed by atoms with Gasteiger partial charge >= 0.3 is 0 Å². The van der Waals surface area contributed by atoms with Crippen molar-refractivity contribution in [2.45, 2.75) is 6.92 Å². The molecule has 3 rings (SSSR count). The van der Waals surface area contributed by atoms with Crippen LogP contribution in [0.15, 0.2) is 41.3 Å². The molecule has 0 saturated carbocycles. The van der Waals surface area contributed by atoms with Crippen molar-refractivity contribution in [3.63, 3.8) is 0 Å². The number of aryl methyl sites for hydroxylation is 1. The van der Waals surface area contributed by atoms with Crippen LogP contribution in [0.1, 0.15) is 5.69 Å². The minimum Gasteiger partial charge on any atom is -0.346 e. The first-order valence-electron chi connectivity index (χ1n) is 5.05. The van der Waals surface area contributed by atoms with E-state index in [1.165, 1.54) is 6.07 Å². The van der Waals surface area contributed by atoms with Crippen molar-refractivity contribution in [3.05, 3.63) is 58.6 Å². The van der Waals surface area contributed by atoms with Crippen molar-refractivity contribution < 1.29 is 20.1 Å². The molecule has 0 atom stereocenters. The van der Waals surface area contributed by atoms with Gasteiger partial charge in [0.1, 0.15) is 0 Å². The van der Waals surface area contributed by atoms with Crippen LogP contribution in [0.25, 0.3) is 16.4 Å². The molecule has 0 aliphatic carbocycles. The standard InChI is InChI=1S/C13H9N2O.Ir/c1-9-8-12(16)14-13-11-5-3-2-4-10(11)6-7-15(9)13;/h2-4,6-8H,1H3;/q-1;. The zero-order valence-electron chi connectivity index (χ0n) is 9.10. The third-order valence-electron chi connectivity index (χ3n) is 2.67. The first kappa shape index (κ1) is 12.0. The van der Waals surface area contributed by atoms with Gasteiger partial charge in [-0.05, 0) is 13.1 Å². The van der Waals surface area contributed by atoms with Gasteiger partial charge in [0, 0.05) is 31.9 Å². The summed E-state index contributed by atoms with van der Waals surface area (Å²) in [6.45, 7) is 1.89. The van der Waals surface area contributed by atoms with Gasteiger partial charge in [0.2, 0.25) is 0 Å². The van der Waals surface area contributed by atoms with E-state index in [1.54, 1.807) is 0 Å². The molecule has 3 nitrogen and oxygen atoms in total. The van der Waals surface area contributed by atoms with Gasteiger partial charge in [-0.2, -0.15) is 0 Å². The quantitative estimate of drug-likeness (QED) is 0.426. The topological polar surface area (TPSA) is 34.4 Å². The van der Waals surface area contributed by atoms with E-state index in [-0.39, 0.29) is 25.7 Å². The summed E-state index contributed by atoms with van der Waals surface area (Å²) in [6, 6.07) is 12.4. The molecular weight excluding hydrogens is 392 g/mol. The Morgan fingerprint density at radius 1 is 1.35 bits per heavy atom. The first-order valence-corrected chi connectivity index (χ1v) is 5.05. The average Bonchev–Trinajstić information content (AvgIpc) is 2.28. The van der Waals surface area contributed by atoms with Crippen LogP contribution < -0.4 is 5.56 Å². The molecule has 17 heavy (non-hydrogen) atoms. The van der Waals surface area contributed by atoms with Gasteiger partial charge in [-0.25, -0.2) is 4.98 Å². The van der Waals surface area contributed by atoms with Crippen LogP contribution >= 0.6 is 0 Å². The van der Waals surface area contributed by atoms with E-state index < -0.39 is 0 Å². The van der Waals surface area contributed by atoms with Crippen molar-refractivity contribution >= 4 is 16.4 Å². The summed E-state index contributed by atoms with van der Waals surface area (Å²) in [4.78, 5) is 15.5. The third kappa shape index (κ3) is 1.90. The van der Waals surface area contributed by atoms with Crippen LogP contribution in [-0.4, -0.2) is 9.38 Å². The molecular formula is C13H9IrN2O-. The molecule has 3 aromatic rings. The summed E-state index contributed by atoms with van der Waals surface area (Å²) in [5.41, 5.74) is 1.35. The SMILES string of the molecule is Cc1cc(=O)nc2c3[c-]cccc3ccn12.[Ir]. The second kappa shape index (κ2) is 4.40. The van der Waals surface area contributed by atoms with Gasteiger partial charge in [0.05, 0.1) is 5.65 Å². The van der Waals surface area contributed by atoms with E-state index in [1.807, 2.05) is 41.8 Å². The molecule has 87 valence electrons. The first-order chi connectivity index (χ1) is 7.75. The number of hydrogen-bond donors (Lipinski definition) is 0. The van der Waals surface area contributed by atoms with E-state index in [4.69, 9.17) is 0 Å². The molecule has 0 aliphatic heterocycles. The maximum absolute atomic E-state index is 11.4. The molecule has 2 aromatic heterocycles. The van der Waals surface area contributed by atoms with Crippen LogP contribution in [0.4, 0.5) is 0 Å². The van der Waals surface area contributed by atoms with Crippen molar-refractivity contribution in [1.29, 1.82) is 0 Å². The van der Waals surface area contributed by atoms with E-state index in [0.717, 1.165) is 16.5 Å². The van der Waals surface area contributed by atoms with Crippen molar-refractivity contribution in [1.82, 2.24) is 9.38 Å². The summed E-state index contributed by atoms with van der Waals surface area (Å²) >= 11 is 0. The fourth-order valence-corrected chi connectivity index (χ4v) is 1.91. The fraction of sp³-hybridized carbons (Fsp3) is 0.0769. The maximum Gasteiger partial charge on any atom is 0.264 e. The molecule has 0 spiro atoms. The van der Waals surface area contributed by atoms with Gasteiger partial charge in [0.15, 0.2) is 0 Å². The molecule has 4 heteroatoms. The van der Waals surface area contributed by atoms with Gasteiger partial charge in [-0.15, -0.1) is 35.0 Å². The van der Waals surface area contributed by atoms with Gasteiger partial charge in [-0.1, -0.05) is 6.07 Å². The summed E-state index contributed by atoms with van der Waals surface area (Å²) < 4.78 is 1.90. The molecule has 0 bridgehead atoms. The predicted molar refractivity (Wildman–Crippen MR) is 62.5 cm³/mol. The Hall–Kier alpha value is -1.51. The number of rotatable bonds is 0. The summed E-state index contributed by atoms with van der Waals surface area (Å²) in [7, 11) is 0. The monoisotopic (exact) mass is 402 g/mol. The maximum atomic E-state index is 11.4. The smallest absolute Gasteiger partial charge is 0.264 e. The van der Waals surface area contributed by atoms with E-state index >= 15 is 0 Å². The molecule has 2 heterocycles. The Kier molecular flexibility index (Phi) is 3.09. The van der Waals surface area contributed by atoms with Gasteiger partial charge in [0.25, 0.3) is 5.56 Å². The van der Waals surface area contributed by atoms with Crippen molar-refractivity contribution in [2.75, 3.05) is 0 Å². The number of pyridine rings is 1. The Morgan fingerprint density at radius 3 is 3.00 bits per heavy atom. The van der Waals surface area contributed by atoms with Crippen LogP contribution in [0.3, 0.4) is 0 Å². The summed E-state index contributed by atoms with van der Waals surface area (Å²) in [5.74, 6) is 0. The Morgan fingerprint density at radius 2 is 2.18 bits per heavy atom. The second-order valence-electron chi connectivity index (χ2n) is 3.75. The molecule has 0 unspecified atom stereocenters. The van der Waals surface area contributed by atoms with Crippen LogP contribution in [0.2, 0.25) is 0 Å². The molecule has 0 amide bonds. The Balaban J connectivity index is 0.00000108. The zero-order valence-corrected chi connectivity index (χ0v) is 11.5. The zero-order chi connectivity index (χ0) is 11.1. The number of benzene rings is 1. The summed E-state index contributed by atoms with van der Waals surface area (Å²) in [5, 5.41) is 1.92. The van der Waals surface area contributed by atoms with Crippen LogP contribution in [-0.2, 0) is 20.1 Å². The normalized spacial score (nSPS) is 10.4. The van der Waals surface area contributed by atoms with Crippen molar-refractivity contribution in [3.8, 4) is 0 Å². The van der Waals surface area contributed by atoms with Crippen molar-refractivity contribution in [2.24, 2.45) is 0 Å². The number of aromatic nitrogens is 2. The number of nitrogens with zero attached hydrogens (tertiary/aromatic N) is 2. The summed E-state index contributed by atoms with van der Waals surface area (Å²) in [6.07, 6.45) is 1.92. The van der Waals surface area contributed by atoms with E-state index in [0.29, 0.717) is 5.65 Å². The number of fused-ring (bicyclic) bond motifs is 3. The minimum absolute atomic E-state index is 0. The second-order valence-corrected chi connectivity index (χ2v) is 3.75. The molecule has 0 saturated heterocycles. The molecule has 1 aromatic carbocycles. The van der Waals surface area contributed by atoms with Gasteiger partial charge < -0.3 is 4.40 Å². The van der Waals surface area contributed by atoms with Crippen LogP contribution in [0, 0.1) is 13.0 Å². The molecule has 0 N–H and O–H groups in total. The Bertz CT molecular complexity index is 749. The van der Waals surface area contributed by atoms with E-state index in [9.17, 15) is 4.79 Å². The largest absolute Gasteiger partial charge is 0.346 e. The molecule has 0 aliphatic rings. The molecule has 0 fully saturated rings. The Labute approximate surface area is 111 Å². The fourth-order valence-electron chi connectivity index (χ4n) is 1.91. The predicted octanol–water partition coefficient (Wildman–Crippen LogP) is 1.95. The van der Waals surface area contributed by atoms with Crippen LogP contribution in [0.5, 0.6) is 0 Å². The average molecular weight is 401 g/mol. The third-order valence-corrected chi connectivity index (χ3v) is 2.67. The minimum atomic E-state index is -0.206.